The standard InChI is InChI=1S/C37H58N6O8S/c1-7-25-20-37(25,31(47)41-52(49,50)42-18-11-12-19-42)40-29(45)26-21-36(34(5,6)35(36)16-13-17-35)23-43(26)27(44)22-38-30(46)28(24-14-9-8-10-15-24)39-32(48)51-33(2,3)4/h7,24-26,28H,1,8-23H2,2-6H3,(H,38,46)(H,39,48)(H,40,45)(H,41,47). The number of likely N-dealkylation sites (tertiary alicyclic amines) is 1. The average Bonchev–Trinajstić information content (AvgIpc) is 3.52. The van der Waals surface area contributed by atoms with E-state index in [0.717, 1.165) is 51.4 Å². The van der Waals surface area contributed by atoms with Crippen LogP contribution in [-0.4, -0.2) is 96.7 Å². The molecule has 290 valence electrons. The van der Waals surface area contributed by atoms with E-state index in [1.807, 2.05) is 0 Å². The van der Waals surface area contributed by atoms with E-state index in [9.17, 15) is 32.4 Å². The molecule has 2 heterocycles. The second kappa shape index (κ2) is 13.6. The summed E-state index contributed by atoms with van der Waals surface area (Å²) in [4.78, 5) is 70.0. The first-order chi connectivity index (χ1) is 24.3. The van der Waals surface area contributed by atoms with Crippen LogP contribution in [0.4, 0.5) is 4.79 Å². The fourth-order valence-electron chi connectivity index (χ4n) is 10.3. The fraction of sp³-hybridized carbons (Fsp3) is 0.811. The lowest BCUT2D eigenvalue weighted by Gasteiger charge is -2.32. The molecule has 5 amide bonds. The topological polar surface area (TPSA) is 183 Å². The summed E-state index contributed by atoms with van der Waals surface area (Å²) < 4.78 is 34.9. The maximum absolute atomic E-state index is 14.3. The first-order valence-corrected chi connectivity index (χ1v) is 20.6. The van der Waals surface area contributed by atoms with Gasteiger partial charge in [0.2, 0.25) is 17.7 Å². The molecule has 6 rings (SSSR count). The van der Waals surface area contributed by atoms with E-state index in [1.54, 1.807) is 31.7 Å². The molecule has 0 aromatic carbocycles. The number of fused-ring (bicyclic) bond motifs is 1. The molecule has 14 nitrogen and oxygen atoms in total. The highest BCUT2D eigenvalue weighted by Gasteiger charge is 2.85. The van der Waals surface area contributed by atoms with E-state index >= 15 is 0 Å². The molecule has 5 atom stereocenters. The van der Waals surface area contributed by atoms with Gasteiger partial charge in [0, 0.05) is 31.0 Å². The summed E-state index contributed by atoms with van der Waals surface area (Å²) in [6.45, 7) is 14.0. The Morgan fingerprint density at radius 1 is 0.942 bits per heavy atom. The van der Waals surface area contributed by atoms with Crippen molar-refractivity contribution in [3.05, 3.63) is 12.7 Å². The zero-order chi connectivity index (χ0) is 37.9. The molecule has 2 saturated heterocycles. The summed E-state index contributed by atoms with van der Waals surface area (Å²) in [5.74, 6) is -2.85. The van der Waals surface area contributed by atoms with Crippen LogP contribution in [0.2, 0.25) is 0 Å². The van der Waals surface area contributed by atoms with Gasteiger partial charge in [0.1, 0.15) is 23.2 Å². The number of ether oxygens (including phenoxy) is 1. The fourth-order valence-corrected chi connectivity index (χ4v) is 11.6. The van der Waals surface area contributed by atoms with Gasteiger partial charge in [-0.15, -0.1) is 6.58 Å². The minimum atomic E-state index is -4.09. The lowest BCUT2D eigenvalue weighted by atomic mass is 9.73. The third-order valence-electron chi connectivity index (χ3n) is 13.6. The van der Waals surface area contributed by atoms with E-state index in [-0.39, 0.29) is 35.1 Å². The molecular weight excluding hydrogens is 689 g/mol. The third kappa shape index (κ3) is 6.62. The van der Waals surface area contributed by atoms with Crippen LogP contribution in [0.3, 0.4) is 0 Å². The maximum Gasteiger partial charge on any atom is 0.408 e. The summed E-state index contributed by atoms with van der Waals surface area (Å²) in [5.41, 5.74) is -2.68. The van der Waals surface area contributed by atoms with E-state index < -0.39 is 69.1 Å². The third-order valence-corrected chi connectivity index (χ3v) is 15.1. The lowest BCUT2D eigenvalue weighted by molar-refractivity contribution is -0.140. The Bertz CT molecular complexity index is 1590. The quantitative estimate of drug-likeness (QED) is 0.233. The van der Waals surface area contributed by atoms with Crippen molar-refractivity contribution in [2.75, 3.05) is 26.2 Å². The SMILES string of the molecule is C=CC1CC1(NC(=O)C1CC2(CN1C(=O)CNC(=O)C(NC(=O)OC(C)(C)C)C1CCCCC1)C(C)(C)C21CCC1)C(=O)NS(=O)(=O)N1CCCC1. The molecule has 0 radical (unpaired) electrons. The van der Waals surface area contributed by atoms with Crippen LogP contribution in [0.5, 0.6) is 0 Å². The molecule has 52 heavy (non-hydrogen) atoms. The van der Waals surface area contributed by atoms with Gasteiger partial charge in [-0.1, -0.05) is 45.6 Å². The number of hydrogen-bond acceptors (Lipinski definition) is 8. The van der Waals surface area contributed by atoms with Crippen molar-refractivity contribution < 1.29 is 37.1 Å². The zero-order valence-electron chi connectivity index (χ0n) is 31.5. The van der Waals surface area contributed by atoms with Crippen LogP contribution in [0.25, 0.3) is 0 Å². The molecule has 5 unspecified atom stereocenters. The Hall–Kier alpha value is -3.20. The van der Waals surface area contributed by atoms with Crippen molar-refractivity contribution in [3.63, 3.8) is 0 Å². The van der Waals surface area contributed by atoms with Gasteiger partial charge in [-0.25, -0.2) is 9.52 Å². The van der Waals surface area contributed by atoms with Gasteiger partial charge in [0.05, 0.1) is 6.54 Å². The smallest absolute Gasteiger partial charge is 0.408 e. The number of nitrogens with one attached hydrogen (secondary N) is 4. The minimum absolute atomic E-state index is 0.00230. The summed E-state index contributed by atoms with van der Waals surface area (Å²) in [6.07, 6.45) is 10.4. The van der Waals surface area contributed by atoms with Crippen LogP contribution in [0.15, 0.2) is 12.7 Å². The van der Waals surface area contributed by atoms with Crippen molar-refractivity contribution in [3.8, 4) is 0 Å². The van der Waals surface area contributed by atoms with Crippen LogP contribution >= 0.6 is 0 Å². The van der Waals surface area contributed by atoms with Gasteiger partial charge >= 0.3 is 16.3 Å². The van der Waals surface area contributed by atoms with Gasteiger partial charge in [-0.3, -0.25) is 19.2 Å². The Balaban J connectivity index is 1.18. The normalized spacial score (nSPS) is 31.3. The van der Waals surface area contributed by atoms with Crippen molar-refractivity contribution in [1.82, 2.24) is 29.9 Å². The minimum Gasteiger partial charge on any atom is -0.444 e. The highest BCUT2D eigenvalue weighted by atomic mass is 32.2. The predicted molar refractivity (Wildman–Crippen MR) is 192 cm³/mol. The average molecular weight is 747 g/mol. The summed E-state index contributed by atoms with van der Waals surface area (Å²) in [6, 6.07) is -1.81. The van der Waals surface area contributed by atoms with Gasteiger partial charge in [0.25, 0.3) is 5.91 Å². The predicted octanol–water partition coefficient (Wildman–Crippen LogP) is 2.89. The Labute approximate surface area is 308 Å². The van der Waals surface area contributed by atoms with E-state index in [2.05, 4.69) is 41.1 Å². The molecule has 0 aromatic heterocycles. The van der Waals surface area contributed by atoms with Crippen LogP contribution in [0, 0.1) is 28.1 Å². The first kappa shape index (κ1) is 38.5. The van der Waals surface area contributed by atoms with Gasteiger partial charge in [-0.05, 0) is 88.9 Å². The van der Waals surface area contributed by atoms with Crippen LogP contribution in [-0.2, 0) is 34.1 Å². The number of rotatable bonds is 11. The molecule has 6 aliphatic rings. The van der Waals surface area contributed by atoms with Crippen LogP contribution < -0.4 is 20.7 Å². The van der Waals surface area contributed by atoms with Crippen molar-refractivity contribution in [1.29, 1.82) is 0 Å². The second-order valence-corrected chi connectivity index (χ2v) is 19.3. The molecule has 15 heteroatoms. The number of carbonyl (C=O) groups is 5. The summed E-state index contributed by atoms with van der Waals surface area (Å²) in [7, 11) is -4.09. The molecule has 4 saturated carbocycles. The number of nitrogens with zero attached hydrogens (tertiary/aromatic N) is 2. The molecule has 4 aliphatic carbocycles. The van der Waals surface area contributed by atoms with E-state index in [1.165, 1.54) is 4.31 Å². The van der Waals surface area contributed by atoms with Gasteiger partial charge in [-0.2, -0.15) is 12.7 Å². The number of amides is 5. The van der Waals surface area contributed by atoms with E-state index in [4.69, 9.17) is 4.74 Å². The second-order valence-electron chi connectivity index (χ2n) is 17.7. The largest absolute Gasteiger partial charge is 0.444 e. The highest BCUT2D eigenvalue weighted by molar-refractivity contribution is 7.87. The van der Waals surface area contributed by atoms with Gasteiger partial charge in [0.15, 0.2) is 0 Å². The van der Waals surface area contributed by atoms with Crippen molar-refractivity contribution in [2.45, 2.75) is 135 Å². The first-order valence-electron chi connectivity index (χ1n) is 19.2. The maximum atomic E-state index is 14.3. The molecule has 6 fully saturated rings. The Morgan fingerprint density at radius 3 is 2.13 bits per heavy atom. The number of alkyl carbamates (subject to hydrolysis) is 1. The van der Waals surface area contributed by atoms with Crippen LogP contribution in [0.1, 0.15) is 112 Å². The Morgan fingerprint density at radius 2 is 1.60 bits per heavy atom. The Kier molecular flexibility index (Phi) is 10.1. The lowest BCUT2D eigenvalue weighted by Crippen LogP contribution is -2.58. The number of carbonyl (C=O) groups excluding carboxylic acids is 5. The molecular formula is C37H58N6O8S. The summed E-state index contributed by atoms with van der Waals surface area (Å²) in [5, 5.41) is 8.41. The highest BCUT2D eigenvalue weighted by Crippen LogP contribution is 2.88. The monoisotopic (exact) mass is 746 g/mol. The zero-order valence-corrected chi connectivity index (χ0v) is 32.3. The van der Waals surface area contributed by atoms with Crippen molar-refractivity contribution >= 4 is 39.9 Å². The summed E-state index contributed by atoms with van der Waals surface area (Å²) >= 11 is 0. The molecule has 2 spiro atoms. The molecule has 2 aliphatic heterocycles. The number of hydrogen-bond donors (Lipinski definition) is 4. The molecule has 0 bridgehead atoms. The molecule has 4 N–H and O–H groups in total. The van der Waals surface area contributed by atoms with E-state index in [0.29, 0.717) is 38.9 Å². The molecule has 0 aromatic rings. The van der Waals surface area contributed by atoms with Crippen molar-refractivity contribution in [2.24, 2.45) is 28.1 Å². The van der Waals surface area contributed by atoms with Gasteiger partial charge < -0.3 is 25.6 Å².